The van der Waals surface area contributed by atoms with Gasteiger partial charge in [0.2, 0.25) is 0 Å². The summed E-state index contributed by atoms with van der Waals surface area (Å²) in [5.74, 6) is 1.19. The van der Waals surface area contributed by atoms with Gasteiger partial charge in [-0.25, -0.2) is 4.98 Å². The van der Waals surface area contributed by atoms with Crippen LogP contribution in [0.3, 0.4) is 0 Å². The lowest BCUT2D eigenvalue weighted by Gasteiger charge is -2.24. The molecule has 1 aliphatic rings. The summed E-state index contributed by atoms with van der Waals surface area (Å²) in [6, 6.07) is 4.75. The number of anilines is 1. The third-order valence-electron chi connectivity index (χ3n) is 3.47. The molecular formula is C15H25N3. The zero-order valence-electron chi connectivity index (χ0n) is 11.7. The molecule has 2 rings (SSSR count). The molecule has 0 atom stereocenters. The highest BCUT2D eigenvalue weighted by atomic mass is 15.2. The van der Waals surface area contributed by atoms with E-state index in [2.05, 4.69) is 35.1 Å². The van der Waals surface area contributed by atoms with E-state index in [9.17, 15) is 0 Å². The predicted octanol–water partition coefficient (Wildman–Crippen LogP) is 2.96. The first-order chi connectivity index (χ1) is 8.77. The molecule has 2 heterocycles. The summed E-state index contributed by atoms with van der Waals surface area (Å²) in [6.45, 7) is 7.60. The highest BCUT2D eigenvalue weighted by molar-refractivity contribution is 5.46. The summed E-state index contributed by atoms with van der Waals surface area (Å²) in [4.78, 5) is 7.07. The van der Waals surface area contributed by atoms with Crippen molar-refractivity contribution in [2.75, 3.05) is 18.0 Å². The second kappa shape index (κ2) is 6.74. The highest BCUT2D eigenvalue weighted by Crippen LogP contribution is 2.21. The Kier molecular flexibility index (Phi) is 5.00. The van der Waals surface area contributed by atoms with Gasteiger partial charge < -0.3 is 10.2 Å². The van der Waals surface area contributed by atoms with Gasteiger partial charge in [0.1, 0.15) is 5.82 Å². The molecule has 100 valence electrons. The third-order valence-corrected chi connectivity index (χ3v) is 3.47. The summed E-state index contributed by atoms with van der Waals surface area (Å²) in [5, 5.41) is 3.49. The lowest BCUT2D eigenvalue weighted by Crippen LogP contribution is -2.28. The lowest BCUT2D eigenvalue weighted by atomic mass is 10.2. The Morgan fingerprint density at radius 1 is 1.22 bits per heavy atom. The molecule has 1 N–H and O–H groups in total. The largest absolute Gasteiger partial charge is 0.356 e. The standard InChI is InChI=1S/C15H25N3/c1-13(2)17-12-14-8-7-9-16-15(14)18-10-5-3-4-6-11-18/h7-9,13,17H,3-6,10-12H2,1-2H3. The van der Waals surface area contributed by atoms with E-state index in [0.29, 0.717) is 6.04 Å². The van der Waals surface area contributed by atoms with Gasteiger partial charge in [-0.15, -0.1) is 0 Å². The molecule has 1 saturated heterocycles. The number of aromatic nitrogens is 1. The van der Waals surface area contributed by atoms with Crippen LogP contribution in [-0.4, -0.2) is 24.1 Å². The number of hydrogen-bond acceptors (Lipinski definition) is 3. The smallest absolute Gasteiger partial charge is 0.133 e. The van der Waals surface area contributed by atoms with Gasteiger partial charge in [0.25, 0.3) is 0 Å². The van der Waals surface area contributed by atoms with Crippen LogP contribution in [0.5, 0.6) is 0 Å². The van der Waals surface area contributed by atoms with Crippen LogP contribution >= 0.6 is 0 Å². The molecular weight excluding hydrogens is 222 g/mol. The maximum Gasteiger partial charge on any atom is 0.133 e. The molecule has 0 saturated carbocycles. The van der Waals surface area contributed by atoms with Gasteiger partial charge in [-0.05, 0) is 18.9 Å². The maximum atomic E-state index is 4.61. The molecule has 0 amide bonds. The van der Waals surface area contributed by atoms with E-state index in [1.165, 1.54) is 37.1 Å². The number of nitrogens with zero attached hydrogens (tertiary/aromatic N) is 2. The molecule has 0 aromatic carbocycles. The van der Waals surface area contributed by atoms with Crippen molar-refractivity contribution in [3.63, 3.8) is 0 Å². The van der Waals surface area contributed by atoms with Crippen LogP contribution in [-0.2, 0) is 6.54 Å². The van der Waals surface area contributed by atoms with Crippen molar-refractivity contribution in [2.24, 2.45) is 0 Å². The van der Waals surface area contributed by atoms with Crippen LogP contribution in [0.2, 0.25) is 0 Å². The first-order valence-electron chi connectivity index (χ1n) is 7.19. The van der Waals surface area contributed by atoms with E-state index in [1.807, 2.05) is 12.3 Å². The minimum Gasteiger partial charge on any atom is -0.356 e. The van der Waals surface area contributed by atoms with Gasteiger partial charge in [-0.3, -0.25) is 0 Å². The fourth-order valence-corrected chi connectivity index (χ4v) is 2.45. The molecule has 18 heavy (non-hydrogen) atoms. The van der Waals surface area contributed by atoms with Crippen molar-refractivity contribution < 1.29 is 0 Å². The second-order valence-corrected chi connectivity index (χ2v) is 5.42. The van der Waals surface area contributed by atoms with Gasteiger partial charge >= 0.3 is 0 Å². The maximum absolute atomic E-state index is 4.61. The van der Waals surface area contributed by atoms with E-state index in [4.69, 9.17) is 0 Å². The Morgan fingerprint density at radius 2 is 1.94 bits per heavy atom. The zero-order valence-corrected chi connectivity index (χ0v) is 11.7. The van der Waals surface area contributed by atoms with Gasteiger partial charge in [-0.1, -0.05) is 32.8 Å². The van der Waals surface area contributed by atoms with Gasteiger partial charge in [-0.2, -0.15) is 0 Å². The SMILES string of the molecule is CC(C)NCc1cccnc1N1CCCCCC1. The van der Waals surface area contributed by atoms with Crippen molar-refractivity contribution in [2.45, 2.75) is 52.1 Å². The molecule has 1 aromatic heterocycles. The van der Waals surface area contributed by atoms with Crippen LogP contribution in [0.15, 0.2) is 18.3 Å². The molecule has 1 aliphatic heterocycles. The van der Waals surface area contributed by atoms with E-state index in [-0.39, 0.29) is 0 Å². The topological polar surface area (TPSA) is 28.2 Å². The quantitative estimate of drug-likeness (QED) is 0.886. The van der Waals surface area contributed by atoms with Gasteiger partial charge in [0.15, 0.2) is 0 Å². The summed E-state index contributed by atoms with van der Waals surface area (Å²) in [7, 11) is 0. The van der Waals surface area contributed by atoms with Crippen molar-refractivity contribution >= 4 is 5.82 Å². The van der Waals surface area contributed by atoms with Crippen molar-refractivity contribution in [3.05, 3.63) is 23.9 Å². The number of rotatable bonds is 4. The van der Waals surface area contributed by atoms with Crippen LogP contribution in [0.25, 0.3) is 0 Å². The fourth-order valence-electron chi connectivity index (χ4n) is 2.45. The number of nitrogens with one attached hydrogen (secondary N) is 1. The Hall–Kier alpha value is -1.09. The molecule has 1 fully saturated rings. The minimum absolute atomic E-state index is 0.516. The molecule has 0 spiro atoms. The minimum atomic E-state index is 0.516. The van der Waals surface area contributed by atoms with Crippen LogP contribution in [0.1, 0.15) is 45.1 Å². The van der Waals surface area contributed by atoms with Crippen molar-refractivity contribution in [1.29, 1.82) is 0 Å². The van der Waals surface area contributed by atoms with Crippen molar-refractivity contribution in [1.82, 2.24) is 10.3 Å². The second-order valence-electron chi connectivity index (χ2n) is 5.42. The van der Waals surface area contributed by atoms with E-state index >= 15 is 0 Å². The average Bonchev–Trinajstić information content (AvgIpc) is 2.65. The van der Waals surface area contributed by atoms with Crippen LogP contribution < -0.4 is 10.2 Å². The fraction of sp³-hybridized carbons (Fsp3) is 0.667. The molecule has 0 aliphatic carbocycles. The van der Waals surface area contributed by atoms with E-state index in [0.717, 1.165) is 19.6 Å². The Balaban J connectivity index is 2.09. The average molecular weight is 247 g/mol. The zero-order chi connectivity index (χ0) is 12.8. The summed E-state index contributed by atoms with van der Waals surface area (Å²) >= 11 is 0. The molecule has 1 aromatic rings. The predicted molar refractivity (Wildman–Crippen MR) is 76.9 cm³/mol. The normalized spacial score (nSPS) is 16.9. The Bertz CT molecular complexity index is 355. The first-order valence-corrected chi connectivity index (χ1v) is 7.19. The molecule has 3 heteroatoms. The molecule has 0 unspecified atom stereocenters. The third kappa shape index (κ3) is 3.70. The summed E-state index contributed by atoms with van der Waals surface area (Å²) < 4.78 is 0. The monoisotopic (exact) mass is 247 g/mol. The molecule has 0 bridgehead atoms. The Morgan fingerprint density at radius 3 is 2.61 bits per heavy atom. The highest BCUT2D eigenvalue weighted by Gasteiger charge is 2.14. The first kappa shape index (κ1) is 13.3. The number of pyridine rings is 1. The number of hydrogen-bond donors (Lipinski definition) is 1. The Labute approximate surface area is 111 Å². The van der Waals surface area contributed by atoms with Crippen LogP contribution in [0, 0.1) is 0 Å². The molecule has 0 radical (unpaired) electrons. The van der Waals surface area contributed by atoms with E-state index < -0.39 is 0 Å². The van der Waals surface area contributed by atoms with Crippen LogP contribution in [0.4, 0.5) is 5.82 Å². The van der Waals surface area contributed by atoms with Gasteiger partial charge in [0, 0.05) is 37.4 Å². The summed E-state index contributed by atoms with van der Waals surface area (Å²) in [6.07, 6.45) is 7.24. The van der Waals surface area contributed by atoms with Gasteiger partial charge in [0.05, 0.1) is 0 Å². The van der Waals surface area contributed by atoms with E-state index in [1.54, 1.807) is 0 Å². The van der Waals surface area contributed by atoms with Crippen molar-refractivity contribution in [3.8, 4) is 0 Å². The lowest BCUT2D eigenvalue weighted by molar-refractivity contribution is 0.586. The molecule has 3 nitrogen and oxygen atoms in total. The summed E-state index contributed by atoms with van der Waals surface area (Å²) in [5.41, 5.74) is 1.33.